The fraction of sp³-hybridized carbons (Fsp3) is 0.625. The standard InChI is InChI=1S/C16H25NO2/c1-18-16(19-2)12-17-15-11-7-6-10-14(15)13-8-4-3-5-9-13/h3-5,8-9,14-17H,6-7,10-12H2,1-2H3. The van der Waals surface area contributed by atoms with Crippen molar-refractivity contribution >= 4 is 0 Å². The molecule has 3 heteroatoms. The average molecular weight is 263 g/mol. The predicted molar refractivity (Wildman–Crippen MR) is 77.2 cm³/mol. The largest absolute Gasteiger partial charge is 0.355 e. The lowest BCUT2D eigenvalue weighted by Gasteiger charge is -2.33. The van der Waals surface area contributed by atoms with Crippen LogP contribution in [-0.4, -0.2) is 33.1 Å². The number of methoxy groups -OCH3 is 2. The molecule has 106 valence electrons. The third-order valence-electron chi connectivity index (χ3n) is 4.07. The van der Waals surface area contributed by atoms with E-state index in [9.17, 15) is 0 Å². The molecule has 2 atom stereocenters. The number of nitrogens with one attached hydrogen (secondary N) is 1. The molecule has 1 aromatic rings. The summed E-state index contributed by atoms with van der Waals surface area (Å²) in [7, 11) is 3.37. The average Bonchev–Trinajstić information content (AvgIpc) is 2.49. The van der Waals surface area contributed by atoms with Crippen molar-refractivity contribution < 1.29 is 9.47 Å². The molecule has 0 radical (unpaired) electrons. The summed E-state index contributed by atoms with van der Waals surface area (Å²) in [6.45, 7) is 0.751. The van der Waals surface area contributed by atoms with E-state index >= 15 is 0 Å². The summed E-state index contributed by atoms with van der Waals surface area (Å²) in [6.07, 6.45) is 4.99. The Morgan fingerprint density at radius 3 is 2.47 bits per heavy atom. The van der Waals surface area contributed by atoms with Crippen molar-refractivity contribution in [2.75, 3.05) is 20.8 Å². The minimum atomic E-state index is -0.154. The topological polar surface area (TPSA) is 30.5 Å². The fourth-order valence-electron chi connectivity index (χ4n) is 2.98. The SMILES string of the molecule is COC(CNC1CCCCC1c1ccccc1)OC. The molecule has 0 heterocycles. The molecule has 0 spiro atoms. The fourth-order valence-corrected chi connectivity index (χ4v) is 2.98. The summed E-state index contributed by atoms with van der Waals surface area (Å²) in [5, 5.41) is 3.62. The van der Waals surface area contributed by atoms with Gasteiger partial charge in [0.2, 0.25) is 0 Å². The van der Waals surface area contributed by atoms with Crippen molar-refractivity contribution in [3.05, 3.63) is 35.9 Å². The van der Waals surface area contributed by atoms with Gasteiger partial charge in [-0.3, -0.25) is 0 Å². The molecule has 1 saturated carbocycles. The van der Waals surface area contributed by atoms with Crippen LogP contribution in [0.25, 0.3) is 0 Å². The minimum Gasteiger partial charge on any atom is -0.355 e. The zero-order chi connectivity index (χ0) is 13.5. The molecule has 3 nitrogen and oxygen atoms in total. The second kappa shape index (κ2) is 7.63. The Kier molecular flexibility index (Phi) is 5.83. The van der Waals surface area contributed by atoms with Gasteiger partial charge in [-0.25, -0.2) is 0 Å². The van der Waals surface area contributed by atoms with Crippen LogP contribution in [0.2, 0.25) is 0 Å². The van der Waals surface area contributed by atoms with Gasteiger partial charge in [0.05, 0.1) is 0 Å². The molecule has 0 aromatic heterocycles. The summed E-state index contributed by atoms with van der Waals surface area (Å²) >= 11 is 0. The maximum Gasteiger partial charge on any atom is 0.169 e. The molecular formula is C16H25NO2. The maximum atomic E-state index is 5.25. The van der Waals surface area contributed by atoms with E-state index in [1.54, 1.807) is 14.2 Å². The molecule has 19 heavy (non-hydrogen) atoms. The van der Waals surface area contributed by atoms with Gasteiger partial charge < -0.3 is 14.8 Å². The number of ether oxygens (including phenoxy) is 2. The van der Waals surface area contributed by atoms with Crippen molar-refractivity contribution in [2.24, 2.45) is 0 Å². The highest BCUT2D eigenvalue weighted by molar-refractivity contribution is 5.21. The Morgan fingerprint density at radius 1 is 1.11 bits per heavy atom. The summed E-state index contributed by atoms with van der Waals surface area (Å²) in [6, 6.07) is 11.4. The summed E-state index contributed by atoms with van der Waals surface area (Å²) in [5.41, 5.74) is 1.45. The van der Waals surface area contributed by atoms with Crippen LogP contribution in [0.4, 0.5) is 0 Å². The lowest BCUT2D eigenvalue weighted by atomic mass is 9.80. The maximum absolute atomic E-state index is 5.25. The van der Waals surface area contributed by atoms with E-state index < -0.39 is 0 Å². The number of benzene rings is 1. The van der Waals surface area contributed by atoms with Crippen molar-refractivity contribution in [2.45, 2.75) is 43.9 Å². The van der Waals surface area contributed by atoms with E-state index in [1.165, 1.54) is 31.2 Å². The van der Waals surface area contributed by atoms with Gasteiger partial charge in [0.25, 0.3) is 0 Å². The molecule has 1 N–H and O–H groups in total. The number of hydrogen-bond acceptors (Lipinski definition) is 3. The molecule has 0 aliphatic heterocycles. The molecule has 1 aromatic carbocycles. The zero-order valence-electron chi connectivity index (χ0n) is 12.0. The summed E-state index contributed by atoms with van der Waals surface area (Å²) in [5.74, 6) is 0.615. The van der Waals surface area contributed by atoms with Crippen LogP contribution in [0.1, 0.15) is 37.2 Å². The van der Waals surface area contributed by atoms with Gasteiger partial charge in [0.1, 0.15) is 0 Å². The number of rotatable bonds is 6. The smallest absolute Gasteiger partial charge is 0.169 e. The van der Waals surface area contributed by atoms with Crippen LogP contribution < -0.4 is 5.32 Å². The highest BCUT2D eigenvalue weighted by atomic mass is 16.7. The summed E-state index contributed by atoms with van der Waals surface area (Å²) < 4.78 is 10.5. The highest BCUT2D eigenvalue weighted by Gasteiger charge is 2.26. The van der Waals surface area contributed by atoms with Gasteiger partial charge in [-0.15, -0.1) is 0 Å². The Balaban J connectivity index is 1.96. The molecule has 0 amide bonds. The minimum absolute atomic E-state index is 0.154. The van der Waals surface area contributed by atoms with Gasteiger partial charge in [0, 0.05) is 26.8 Å². The molecule has 1 aliphatic carbocycles. The second-order valence-corrected chi connectivity index (χ2v) is 5.22. The lowest BCUT2D eigenvalue weighted by molar-refractivity contribution is -0.100. The van der Waals surface area contributed by atoms with Crippen LogP contribution in [0, 0.1) is 0 Å². The van der Waals surface area contributed by atoms with Gasteiger partial charge in [0.15, 0.2) is 6.29 Å². The molecule has 0 saturated heterocycles. The van der Waals surface area contributed by atoms with E-state index in [2.05, 4.69) is 35.6 Å². The van der Waals surface area contributed by atoms with Crippen LogP contribution in [0.5, 0.6) is 0 Å². The highest BCUT2D eigenvalue weighted by Crippen LogP contribution is 2.32. The summed E-state index contributed by atoms with van der Waals surface area (Å²) in [4.78, 5) is 0. The van der Waals surface area contributed by atoms with E-state index in [1.807, 2.05) is 0 Å². The van der Waals surface area contributed by atoms with Crippen molar-refractivity contribution in [1.82, 2.24) is 5.32 Å². The van der Waals surface area contributed by atoms with Gasteiger partial charge >= 0.3 is 0 Å². The van der Waals surface area contributed by atoms with Crippen LogP contribution >= 0.6 is 0 Å². The lowest BCUT2D eigenvalue weighted by Crippen LogP contribution is -2.42. The Labute approximate surface area is 116 Å². The van der Waals surface area contributed by atoms with Crippen LogP contribution in [0.3, 0.4) is 0 Å². The Morgan fingerprint density at radius 2 is 1.79 bits per heavy atom. The first-order valence-electron chi connectivity index (χ1n) is 7.19. The van der Waals surface area contributed by atoms with E-state index in [-0.39, 0.29) is 6.29 Å². The van der Waals surface area contributed by atoms with Crippen molar-refractivity contribution in [1.29, 1.82) is 0 Å². The third-order valence-corrected chi connectivity index (χ3v) is 4.07. The van der Waals surface area contributed by atoms with Crippen LogP contribution in [0.15, 0.2) is 30.3 Å². The third kappa shape index (κ3) is 4.03. The van der Waals surface area contributed by atoms with Crippen molar-refractivity contribution in [3.8, 4) is 0 Å². The molecule has 0 bridgehead atoms. The molecular weight excluding hydrogens is 238 g/mol. The molecule has 1 aliphatic rings. The molecule has 2 unspecified atom stereocenters. The first kappa shape index (κ1) is 14.5. The Bertz CT molecular complexity index is 351. The Hall–Kier alpha value is -0.900. The predicted octanol–water partition coefficient (Wildman–Crippen LogP) is 2.92. The van der Waals surface area contributed by atoms with Crippen molar-refractivity contribution in [3.63, 3.8) is 0 Å². The number of hydrogen-bond donors (Lipinski definition) is 1. The first-order valence-corrected chi connectivity index (χ1v) is 7.19. The van der Waals surface area contributed by atoms with Gasteiger partial charge in [-0.2, -0.15) is 0 Å². The zero-order valence-corrected chi connectivity index (χ0v) is 12.0. The quantitative estimate of drug-likeness (QED) is 0.801. The van der Waals surface area contributed by atoms with Crippen LogP contribution in [-0.2, 0) is 9.47 Å². The van der Waals surface area contributed by atoms with Gasteiger partial charge in [-0.05, 0) is 24.3 Å². The molecule has 1 fully saturated rings. The monoisotopic (exact) mass is 263 g/mol. The first-order chi connectivity index (χ1) is 9.35. The van der Waals surface area contributed by atoms with E-state index in [0.717, 1.165) is 6.54 Å². The second-order valence-electron chi connectivity index (χ2n) is 5.22. The van der Waals surface area contributed by atoms with E-state index in [0.29, 0.717) is 12.0 Å². The van der Waals surface area contributed by atoms with Gasteiger partial charge in [-0.1, -0.05) is 43.2 Å². The normalized spacial score (nSPS) is 23.7. The van der Waals surface area contributed by atoms with E-state index in [4.69, 9.17) is 9.47 Å². The molecule has 2 rings (SSSR count).